The summed E-state index contributed by atoms with van der Waals surface area (Å²) >= 11 is 0. The molecule has 3 aliphatic carbocycles. The highest BCUT2D eigenvalue weighted by Gasteiger charge is 2.46. The fourth-order valence-corrected chi connectivity index (χ4v) is 10.8. The molecule has 0 aliphatic heterocycles. The maximum absolute atomic E-state index is 2.54. The highest BCUT2D eigenvalue weighted by atomic mass is 15.1. The average Bonchev–Trinajstić information content (AvgIpc) is 3.77. The largest absolute Gasteiger partial charge is 0.310 e. The lowest BCUT2D eigenvalue weighted by Crippen LogP contribution is -2.28. The van der Waals surface area contributed by atoms with E-state index in [9.17, 15) is 0 Å². The number of hydrogen-bond donors (Lipinski definition) is 0. The Morgan fingerprint density at radius 3 is 1.36 bits per heavy atom. The van der Waals surface area contributed by atoms with Crippen molar-refractivity contribution in [2.24, 2.45) is 0 Å². The van der Waals surface area contributed by atoms with Crippen LogP contribution in [0, 0.1) is 0 Å². The van der Waals surface area contributed by atoms with Gasteiger partial charge in [-0.25, -0.2) is 0 Å². The molecule has 268 valence electrons. The van der Waals surface area contributed by atoms with E-state index in [-0.39, 0.29) is 10.8 Å². The Morgan fingerprint density at radius 2 is 0.732 bits per heavy atom. The van der Waals surface area contributed by atoms with E-state index in [0.717, 1.165) is 11.4 Å². The molecule has 1 nitrogen and oxygen atoms in total. The first-order valence-corrected chi connectivity index (χ1v) is 19.9. The van der Waals surface area contributed by atoms with Crippen LogP contribution in [-0.2, 0) is 16.2 Å². The van der Waals surface area contributed by atoms with Crippen LogP contribution in [0.5, 0.6) is 0 Å². The SMILES string of the molecule is CC1(C)c2ccccc2-c2cc(N(c3ccc4c(c3)-c3ccccc3C4(c3ccccc3)c3ccccc3)c3cccc4c3-c3ccccc3C4(C)C)ccc21. The molecule has 8 aromatic rings. The van der Waals surface area contributed by atoms with Gasteiger partial charge < -0.3 is 4.90 Å². The van der Waals surface area contributed by atoms with E-state index in [2.05, 4.69) is 221 Å². The van der Waals surface area contributed by atoms with Crippen molar-refractivity contribution in [1.29, 1.82) is 0 Å². The Hall–Kier alpha value is -6.44. The van der Waals surface area contributed by atoms with Crippen molar-refractivity contribution in [3.8, 4) is 33.4 Å². The summed E-state index contributed by atoms with van der Waals surface area (Å²) in [6, 6.07) is 70.6. The topological polar surface area (TPSA) is 3.24 Å². The molecule has 0 unspecified atom stereocenters. The van der Waals surface area contributed by atoms with Crippen molar-refractivity contribution in [2.45, 2.75) is 43.9 Å². The van der Waals surface area contributed by atoms with Crippen LogP contribution in [0.2, 0.25) is 0 Å². The van der Waals surface area contributed by atoms with Crippen LogP contribution in [0.3, 0.4) is 0 Å². The molecule has 0 fully saturated rings. The molecule has 56 heavy (non-hydrogen) atoms. The summed E-state index contributed by atoms with van der Waals surface area (Å²) < 4.78 is 0. The van der Waals surface area contributed by atoms with Crippen LogP contribution in [0.25, 0.3) is 33.4 Å². The Bertz CT molecular complexity index is 2820. The van der Waals surface area contributed by atoms with Gasteiger partial charge in [-0.05, 0) is 103 Å². The van der Waals surface area contributed by atoms with Gasteiger partial charge in [0, 0.05) is 27.8 Å². The molecule has 8 aromatic carbocycles. The third kappa shape index (κ3) is 4.32. The van der Waals surface area contributed by atoms with Crippen LogP contribution in [0.15, 0.2) is 188 Å². The number of hydrogen-bond acceptors (Lipinski definition) is 1. The third-order valence-electron chi connectivity index (χ3n) is 13.4. The fourth-order valence-electron chi connectivity index (χ4n) is 10.8. The molecule has 0 spiro atoms. The maximum Gasteiger partial charge on any atom is 0.0713 e. The second-order valence-electron chi connectivity index (χ2n) is 16.9. The van der Waals surface area contributed by atoms with Gasteiger partial charge in [0.15, 0.2) is 0 Å². The van der Waals surface area contributed by atoms with Gasteiger partial charge in [0.2, 0.25) is 0 Å². The van der Waals surface area contributed by atoms with E-state index in [1.165, 1.54) is 83.6 Å². The van der Waals surface area contributed by atoms with Gasteiger partial charge in [0.1, 0.15) is 0 Å². The summed E-state index contributed by atoms with van der Waals surface area (Å²) in [5.74, 6) is 0. The number of rotatable bonds is 5. The van der Waals surface area contributed by atoms with Crippen LogP contribution in [0.4, 0.5) is 17.1 Å². The summed E-state index contributed by atoms with van der Waals surface area (Å²) in [7, 11) is 0. The van der Waals surface area contributed by atoms with Crippen LogP contribution in [-0.4, -0.2) is 0 Å². The van der Waals surface area contributed by atoms with E-state index in [0.29, 0.717) is 0 Å². The molecule has 0 aromatic heterocycles. The molecule has 11 rings (SSSR count). The first-order valence-electron chi connectivity index (χ1n) is 19.9. The van der Waals surface area contributed by atoms with Gasteiger partial charge in [-0.1, -0.05) is 185 Å². The van der Waals surface area contributed by atoms with Gasteiger partial charge in [-0.2, -0.15) is 0 Å². The molecule has 0 N–H and O–H groups in total. The monoisotopic (exact) mass is 717 g/mol. The number of anilines is 3. The zero-order valence-electron chi connectivity index (χ0n) is 32.3. The average molecular weight is 718 g/mol. The highest BCUT2D eigenvalue weighted by Crippen LogP contribution is 2.59. The molecule has 0 saturated carbocycles. The molecule has 0 radical (unpaired) electrons. The standard InChI is InChI=1S/C55H43N/c1-53(2)45-25-14-11-22-40(45)43-34-38(30-32-47(43)53)56(51-29-17-28-50-52(51)42-24-13-15-26-46(42)54(50,3)4)39-31-33-49-44(35-39)41-23-12-16-27-48(41)55(49,36-18-7-5-8-19-36)37-20-9-6-10-21-37/h5-35H,1-4H3. The Labute approximate surface area is 330 Å². The Morgan fingerprint density at radius 1 is 0.321 bits per heavy atom. The Kier molecular flexibility index (Phi) is 6.93. The van der Waals surface area contributed by atoms with Gasteiger partial charge in [-0.15, -0.1) is 0 Å². The van der Waals surface area contributed by atoms with Gasteiger partial charge in [-0.3, -0.25) is 0 Å². The molecule has 3 aliphatic rings. The van der Waals surface area contributed by atoms with Crippen molar-refractivity contribution in [3.05, 3.63) is 233 Å². The maximum atomic E-state index is 2.54. The lowest BCUT2D eigenvalue weighted by atomic mass is 9.68. The lowest BCUT2D eigenvalue weighted by Gasteiger charge is -2.34. The first kappa shape index (κ1) is 32.9. The van der Waals surface area contributed by atoms with E-state index >= 15 is 0 Å². The van der Waals surface area contributed by atoms with E-state index in [4.69, 9.17) is 0 Å². The molecule has 0 bridgehead atoms. The van der Waals surface area contributed by atoms with E-state index in [1.807, 2.05) is 0 Å². The van der Waals surface area contributed by atoms with Gasteiger partial charge in [0.05, 0.1) is 11.1 Å². The smallest absolute Gasteiger partial charge is 0.0713 e. The van der Waals surface area contributed by atoms with E-state index < -0.39 is 5.41 Å². The second-order valence-corrected chi connectivity index (χ2v) is 16.9. The van der Waals surface area contributed by atoms with Crippen molar-refractivity contribution in [3.63, 3.8) is 0 Å². The van der Waals surface area contributed by atoms with Gasteiger partial charge >= 0.3 is 0 Å². The molecule has 0 atom stereocenters. The number of fused-ring (bicyclic) bond motifs is 9. The van der Waals surface area contributed by atoms with Crippen molar-refractivity contribution in [2.75, 3.05) is 4.90 Å². The molecule has 0 amide bonds. The zero-order valence-corrected chi connectivity index (χ0v) is 32.3. The summed E-state index contributed by atoms with van der Waals surface area (Å²) in [5, 5.41) is 0. The predicted molar refractivity (Wildman–Crippen MR) is 234 cm³/mol. The van der Waals surface area contributed by atoms with Crippen molar-refractivity contribution < 1.29 is 0 Å². The fraction of sp³-hybridized carbons (Fsp3) is 0.127. The van der Waals surface area contributed by atoms with Gasteiger partial charge in [0.25, 0.3) is 0 Å². The number of benzene rings is 8. The minimum Gasteiger partial charge on any atom is -0.310 e. The lowest BCUT2D eigenvalue weighted by molar-refractivity contribution is 0.660. The normalized spacial score (nSPS) is 15.6. The summed E-state index contributed by atoms with van der Waals surface area (Å²) in [6.07, 6.45) is 0. The summed E-state index contributed by atoms with van der Waals surface area (Å²) in [4.78, 5) is 2.54. The summed E-state index contributed by atoms with van der Waals surface area (Å²) in [6.45, 7) is 9.47. The minimum atomic E-state index is -0.447. The molecule has 1 heteroatoms. The summed E-state index contributed by atoms with van der Waals surface area (Å²) in [5.41, 5.74) is 21.4. The van der Waals surface area contributed by atoms with E-state index in [1.54, 1.807) is 0 Å². The third-order valence-corrected chi connectivity index (χ3v) is 13.4. The first-order chi connectivity index (χ1) is 27.3. The molecule has 0 saturated heterocycles. The van der Waals surface area contributed by atoms with Crippen LogP contribution in [0.1, 0.15) is 72.2 Å². The van der Waals surface area contributed by atoms with Crippen molar-refractivity contribution >= 4 is 17.1 Å². The zero-order chi connectivity index (χ0) is 37.8. The Balaban J connectivity index is 1.20. The van der Waals surface area contributed by atoms with Crippen molar-refractivity contribution in [1.82, 2.24) is 0 Å². The number of nitrogens with zero attached hydrogens (tertiary/aromatic N) is 1. The quantitative estimate of drug-likeness (QED) is 0.171. The highest BCUT2D eigenvalue weighted by molar-refractivity contribution is 5.98. The van der Waals surface area contributed by atoms with Crippen LogP contribution < -0.4 is 4.90 Å². The van der Waals surface area contributed by atoms with Crippen LogP contribution >= 0.6 is 0 Å². The predicted octanol–water partition coefficient (Wildman–Crippen LogP) is 14.1. The second kappa shape index (κ2) is 11.8. The molecular weight excluding hydrogens is 675 g/mol. The molecular formula is C55H43N. The minimum absolute atomic E-state index is 0.0677. The molecule has 0 heterocycles.